The number of ether oxygens (including phenoxy) is 1. The molecular weight excluding hydrogens is 328 g/mol. The number of carbonyl (C=O) groups is 4. The number of nitrogens with one attached hydrogen (secondary N) is 3. The molecule has 0 heterocycles. The summed E-state index contributed by atoms with van der Waals surface area (Å²) in [5, 5.41) is 6.90. The van der Waals surface area contributed by atoms with Gasteiger partial charge in [-0.15, -0.1) is 0 Å². The zero-order chi connectivity index (χ0) is 19.0. The Balaban J connectivity index is 2.65. The van der Waals surface area contributed by atoms with E-state index in [4.69, 9.17) is 10.5 Å². The second-order valence-electron chi connectivity index (χ2n) is 5.62. The van der Waals surface area contributed by atoms with E-state index in [0.29, 0.717) is 5.69 Å². The van der Waals surface area contributed by atoms with Crippen LogP contribution in [-0.4, -0.2) is 36.1 Å². The van der Waals surface area contributed by atoms with Gasteiger partial charge in [0.2, 0.25) is 0 Å². The van der Waals surface area contributed by atoms with E-state index in [2.05, 4.69) is 10.6 Å². The Kier molecular flexibility index (Phi) is 7.39. The Labute approximate surface area is 145 Å². The molecule has 9 nitrogen and oxygen atoms in total. The summed E-state index contributed by atoms with van der Waals surface area (Å²) in [6.45, 7) is 4.71. The lowest BCUT2D eigenvalue weighted by molar-refractivity contribution is -0.157. The van der Waals surface area contributed by atoms with Gasteiger partial charge in [-0.25, -0.2) is 14.4 Å². The minimum Gasteiger partial charge on any atom is -0.451 e. The van der Waals surface area contributed by atoms with E-state index in [0.717, 1.165) is 0 Å². The average molecular weight is 350 g/mol. The predicted octanol–water partition coefficient (Wildman–Crippen LogP) is 0.959. The predicted molar refractivity (Wildman–Crippen MR) is 90.5 cm³/mol. The first-order valence-electron chi connectivity index (χ1n) is 7.64. The number of anilines is 1. The van der Waals surface area contributed by atoms with Gasteiger partial charge in [0, 0.05) is 5.69 Å². The van der Waals surface area contributed by atoms with Gasteiger partial charge in [-0.3, -0.25) is 10.1 Å². The fourth-order valence-corrected chi connectivity index (χ4v) is 1.85. The van der Waals surface area contributed by atoms with Crippen molar-refractivity contribution in [3.05, 3.63) is 30.3 Å². The van der Waals surface area contributed by atoms with Gasteiger partial charge >= 0.3 is 18.0 Å². The molecule has 25 heavy (non-hydrogen) atoms. The standard InChI is InChI=1S/C16H22N4O5/c1-9(2)12(14(22)25-10(3)13(21)20-15(17)23)19-16(24)18-11-7-5-4-6-8-11/h4-10,12H,1-3H3,(H2,18,19,24)(H3,17,20,21,23)/t10-,12-/m0/s1. The molecular formula is C16H22N4O5. The summed E-state index contributed by atoms with van der Waals surface area (Å²) in [5.41, 5.74) is 5.39. The summed E-state index contributed by atoms with van der Waals surface area (Å²) in [7, 11) is 0. The van der Waals surface area contributed by atoms with Crippen molar-refractivity contribution in [3.8, 4) is 0 Å². The van der Waals surface area contributed by atoms with Crippen molar-refractivity contribution >= 4 is 29.6 Å². The molecule has 0 saturated carbocycles. The Hall–Kier alpha value is -3.10. The maximum Gasteiger partial charge on any atom is 0.329 e. The smallest absolute Gasteiger partial charge is 0.329 e. The van der Waals surface area contributed by atoms with E-state index in [-0.39, 0.29) is 5.92 Å². The zero-order valence-corrected chi connectivity index (χ0v) is 14.2. The molecule has 5 amide bonds. The van der Waals surface area contributed by atoms with Crippen LogP contribution in [0.4, 0.5) is 15.3 Å². The number of hydrogen-bond acceptors (Lipinski definition) is 5. The lowest BCUT2D eigenvalue weighted by Gasteiger charge is -2.22. The Morgan fingerprint density at radius 2 is 1.64 bits per heavy atom. The molecule has 2 atom stereocenters. The number of amides is 5. The van der Waals surface area contributed by atoms with Crippen molar-refractivity contribution in [2.45, 2.75) is 32.9 Å². The van der Waals surface area contributed by atoms with Gasteiger partial charge < -0.3 is 21.1 Å². The molecule has 0 saturated heterocycles. The van der Waals surface area contributed by atoms with Gasteiger partial charge in [-0.05, 0) is 25.0 Å². The van der Waals surface area contributed by atoms with Crippen LogP contribution in [0.5, 0.6) is 0 Å². The van der Waals surface area contributed by atoms with E-state index in [1.807, 2.05) is 5.32 Å². The summed E-state index contributed by atoms with van der Waals surface area (Å²) < 4.78 is 4.99. The lowest BCUT2D eigenvalue weighted by Crippen LogP contribution is -2.49. The molecule has 1 aromatic carbocycles. The number of benzene rings is 1. The van der Waals surface area contributed by atoms with Gasteiger partial charge in [0.25, 0.3) is 5.91 Å². The quantitative estimate of drug-likeness (QED) is 0.566. The third kappa shape index (κ3) is 6.90. The van der Waals surface area contributed by atoms with Gasteiger partial charge in [0.05, 0.1) is 0 Å². The molecule has 1 aromatic rings. The summed E-state index contributed by atoms with van der Waals surface area (Å²) in [4.78, 5) is 46.4. The summed E-state index contributed by atoms with van der Waals surface area (Å²) >= 11 is 0. The first kappa shape index (κ1) is 19.9. The van der Waals surface area contributed by atoms with Gasteiger partial charge in [-0.1, -0.05) is 32.0 Å². The third-order valence-corrected chi connectivity index (χ3v) is 3.15. The molecule has 0 radical (unpaired) electrons. The van der Waals surface area contributed by atoms with Crippen LogP contribution >= 0.6 is 0 Å². The third-order valence-electron chi connectivity index (χ3n) is 3.15. The molecule has 0 aromatic heterocycles. The van der Waals surface area contributed by atoms with Crippen LogP contribution < -0.4 is 21.7 Å². The monoisotopic (exact) mass is 350 g/mol. The van der Waals surface area contributed by atoms with Crippen LogP contribution in [0.2, 0.25) is 0 Å². The molecule has 0 fully saturated rings. The van der Waals surface area contributed by atoms with Crippen LogP contribution in [0.3, 0.4) is 0 Å². The van der Waals surface area contributed by atoms with E-state index < -0.39 is 36.1 Å². The van der Waals surface area contributed by atoms with E-state index in [9.17, 15) is 19.2 Å². The summed E-state index contributed by atoms with van der Waals surface area (Å²) in [6, 6.07) is 6.08. The van der Waals surface area contributed by atoms with Crippen LogP contribution in [0, 0.1) is 5.92 Å². The van der Waals surface area contributed by atoms with E-state index in [1.54, 1.807) is 44.2 Å². The normalized spacial score (nSPS) is 12.6. The first-order valence-corrected chi connectivity index (χ1v) is 7.64. The van der Waals surface area contributed by atoms with Crippen LogP contribution in [0.25, 0.3) is 0 Å². The maximum absolute atomic E-state index is 12.2. The molecule has 0 bridgehead atoms. The zero-order valence-electron chi connectivity index (χ0n) is 14.2. The Morgan fingerprint density at radius 1 is 1.04 bits per heavy atom. The average Bonchev–Trinajstić information content (AvgIpc) is 2.52. The highest BCUT2D eigenvalue weighted by atomic mass is 16.5. The molecule has 0 unspecified atom stereocenters. The van der Waals surface area contributed by atoms with Crippen molar-refractivity contribution in [2.24, 2.45) is 11.7 Å². The number of urea groups is 2. The highest BCUT2D eigenvalue weighted by Crippen LogP contribution is 2.08. The SMILES string of the molecule is CC(C)[C@H](NC(=O)Nc1ccccc1)C(=O)O[C@@H](C)C(=O)NC(N)=O. The van der Waals surface area contributed by atoms with Crippen molar-refractivity contribution in [1.82, 2.24) is 10.6 Å². The number of esters is 1. The minimum atomic E-state index is -1.24. The number of imide groups is 1. The van der Waals surface area contributed by atoms with Crippen LogP contribution in [0.1, 0.15) is 20.8 Å². The Morgan fingerprint density at radius 3 is 2.16 bits per heavy atom. The number of para-hydroxylation sites is 1. The molecule has 1 rings (SSSR count). The number of hydrogen-bond donors (Lipinski definition) is 4. The number of carbonyl (C=O) groups excluding carboxylic acids is 4. The summed E-state index contributed by atoms with van der Waals surface area (Å²) in [5.74, 6) is -1.94. The van der Waals surface area contributed by atoms with Crippen molar-refractivity contribution in [1.29, 1.82) is 0 Å². The second-order valence-corrected chi connectivity index (χ2v) is 5.62. The van der Waals surface area contributed by atoms with Gasteiger partial charge in [-0.2, -0.15) is 0 Å². The van der Waals surface area contributed by atoms with Gasteiger partial charge in [0.1, 0.15) is 6.04 Å². The lowest BCUT2D eigenvalue weighted by atomic mass is 10.0. The van der Waals surface area contributed by atoms with E-state index >= 15 is 0 Å². The largest absolute Gasteiger partial charge is 0.451 e. The van der Waals surface area contributed by atoms with Crippen molar-refractivity contribution < 1.29 is 23.9 Å². The first-order chi connectivity index (χ1) is 11.7. The number of rotatable bonds is 6. The fraction of sp³-hybridized carbons (Fsp3) is 0.375. The fourth-order valence-electron chi connectivity index (χ4n) is 1.85. The minimum absolute atomic E-state index is 0.291. The number of nitrogens with two attached hydrogens (primary N) is 1. The van der Waals surface area contributed by atoms with Crippen molar-refractivity contribution in [2.75, 3.05) is 5.32 Å². The highest BCUT2D eigenvalue weighted by molar-refractivity contribution is 5.97. The molecule has 136 valence electrons. The summed E-state index contributed by atoms with van der Waals surface area (Å²) in [6.07, 6.45) is -1.24. The molecule has 0 aliphatic heterocycles. The number of primary amides is 1. The molecule has 0 aliphatic carbocycles. The molecule has 0 spiro atoms. The molecule has 9 heteroatoms. The highest BCUT2D eigenvalue weighted by Gasteiger charge is 2.29. The van der Waals surface area contributed by atoms with Crippen molar-refractivity contribution in [3.63, 3.8) is 0 Å². The van der Waals surface area contributed by atoms with Crippen LogP contribution in [-0.2, 0) is 14.3 Å². The van der Waals surface area contributed by atoms with Crippen LogP contribution in [0.15, 0.2) is 30.3 Å². The molecule has 0 aliphatic rings. The second kappa shape index (κ2) is 9.26. The Bertz CT molecular complexity index is 633. The van der Waals surface area contributed by atoms with E-state index in [1.165, 1.54) is 6.92 Å². The topological polar surface area (TPSA) is 140 Å². The maximum atomic E-state index is 12.2. The molecule has 5 N–H and O–H groups in total. The van der Waals surface area contributed by atoms with Gasteiger partial charge in [0.15, 0.2) is 6.10 Å².